The van der Waals surface area contributed by atoms with Crippen LogP contribution in [0.3, 0.4) is 0 Å². The van der Waals surface area contributed by atoms with Crippen molar-refractivity contribution in [1.82, 2.24) is 23.6 Å². The molecule has 200 valence electrons. The molecule has 4 rings (SSSR count). The van der Waals surface area contributed by atoms with Crippen molar-refractivity contribution < 1.29 is 19.4 Å². The molecule has 0 unspecified atom stereocenters. The fourth-order valence-corrected chi connectivity index (χ4v) is 5.12. The van der Waals surface area contributed by atoms with Gasteiger partial charge < -0.3 is 30.8 Å². The molecule has 13 nitrogen and oxygen atoms in total. The van der Waals surface area contributed by atoms with Gasteiger partial charge in [0.15, 0.2) is 11.2 Å². The first-order valence-corrected chi connectivity index (χ1v) is 11.7. The molecule has 4 heterocycles. The van der Waals surface area contributed by atoms with E-state index >= 15 is 0 Å². The van der Waals surface area contributed by atoms with E-state index in [-0.39, 0.29) is 48.9 Å². The third-order valence-electron chi connectivity index (χ3n) is 7.52. The van der Waals surface area contributed by atoms with E-state index in [1.165, 1.54) is 17.9 Å². The number of amides is 2. The number of hydrogen-bond acceptors (Lipinski definition) is 8. The molecule has 14 heteroatoms. The number of halogens is 1. The van der Waals surface area contributed by atoms with Crippen molar-refractivity contribution in [3.8, 4) is 0 Å². The Labute approximate surface area is 213 Å². The van der Waals surface area contributed by atoms with Crippen LogP contribution in [0.4, 0.5) is 0 Å². The van der Waals surface area contributed by atoms with E-state index in [9.17, 15) is 24.3 Å². The highest BCUT2D eigenvalue weighted by Crippen LogP contribution is 2.44. The van der Waals surface area contributed by atoms with Gasteiger partial charge in [-0.2, -0.15) is 0 Å². The van der Waals surface area contributed by atoms with Gasteiger partial charge in [0.2, 0.25) is 11.8 Å². The van der Waals surface area contributed by atoms with Gasteiger partial charge in [0, 0.05) is 40.0 Å². The van der Waals surface area contributed by atoms with Crippen LogP contribution >= 0.6 is 12.4 Å². The van der Waals surface area contributed by atoms with Gasteiger partial charge in [-0.1, -0.05) is 0 Å². The highest BCUT2D eigenvalue weighted by atomic mass is 35.5. The van der Waals surface area contributed by atoms with E-state index in [0.29, 0.717) is 32.4 Å². The van der Waals surface area contributed by atoms with Crippen LogP contribution in [0.15, 0.2) is 15.9 Å². The van der Waals surface area contributed by atoms with E-state index in [1.807, 2.05) is 0 Å². The van der Waals surface area contributed by atoms with E-state index in [0.717, 1.165) is 4.57 Å². The normalized spacial score (nSPS) is 24.5. The lowest BCUT2D eigenvalue weighted by Gasteiger charge is -2.51. The molecule has 0 bridgehead atoms. The number of rotatable bonds is 5. The SMILES string of the molecule is Cl.Cn1c(=O)c2c(ncn2[C@H]2CC3(CCN(C(=O)CC[C@H](N)C(N)=O)CC3)OC[C@]2(C)O)n(C)c1=O. The number of carbonyl (C=O) groups is 2. The predicted molar refractivity (Wildman–Crippen MR) is 133 cm³/mol. The number of nitrogens with zero attached hydrogens (tertiary/aromatic N) is 5. The average Bonchev–Trinajstić information content (AvgIpc) is 3.26. The average molecular weight is 528 g/mol. The Morgan fingerprint density at radius 3 is 2.50 bits per heavy atom. The fourth-order valence-electron chi connectivity index (χ4n) is 5.12. The Morgan fingerprint density at radius 1 is 1.25 bits per heavy atom. The zero-order chi connectivity index (χ0) is 25.7. The van der Waals surface area contributed by atoms with Crippen LogP contribution in [-0.4, -0.2) is 77.4 Å². The molecule has 2 aliphatic heterocycles. The van der Waals surface area contributed by atoms with Crippen molar-refractivity contribution in [2.75, 3.05) is 19.7 Å². The molecule has 2 saturated heterocycles. The monoisotopic (exact) mass is 527 g/mol. The molecule has 0 aliphatic carbocycles. The Hall–Kier alpha value is -2.74. The smallest absolute Gasteiger partial charge is 0.332 e. The molecule has 2 amide bonds. The predicted octanol–water partition coefficient (Wildman–Crippen LogP) is -1.48. The van der Waals surface area contributed by atoms with Gasteiger partial charge in [-0.05, 0) is 26.2 Å². The van der Waals surface area contributed by atoms with Crippen molar-refractivity contribution in [2.45, 2.75) is 62.3 Å². The minimum absolute atomic E-state index is 0. The number of fused-ring (bicyclic) bond motifs is 1. The summed E-state index contributed by atoms with van der Waals surface area (Å²) in [4.78, 5) is 55.0. The van der Waals surface area contributed by atoms with Crippen LogP contribution in [0.5, 0.6) is 0 Å². The Morgan fingerprint density at radius 2 is 1.89 bits per heavy atom. The van der Waals surface area contributed by atoms with Crippen molar-refractivity contribution in [1.29, 1.82) is 0 Å². The van der Waals surface area contributed by atoms with Crippen LogP contribution in [0.2, 0.25) is 0 Å². The van der Waals surface area contributed by atoms with Crippen LogP contribution in [-0.2, 0) is 28.4 Å². The van der Waals surface area contributed by atoms with Gasteiger partial charge in [-0.15, -0.1) is 12.4 Å². The van der Waals surface area contributed by atoms with E-state index < -0.39 is 40.4 Å². The van der Waals surface area contributed by atoms with Crippen molar-refractivity contribution >= 4 is 35.4 Å². The Balaban J connectivity index is 0.00000361. The number of likely N-dealkylation sites (tertiary alicyclic amines) is 1. The van der Waals surface area contributed by atoms with Crippen LogP contribution in [0, 0.1) is 0 Å². The lowest BCUT2D eigenvalue weighted by molar-refractivity contribution is -0.201. The Kier molecular flexibility index (Phi) is 7.70. The molecule has 2 aliphatic rings. The van der Waals surface area contributed by atoms with Crippen molar-refractivity contribution in [3.05, 3.63) is 27.2 Å². The number of nitrogens with two attached hydrogens (primary N) is 2. The number of aromatic nitrogens is 4. The highest BCUT2D eigenvalue weighted by molar-refractivity contribution is 5.85. The number of piperidine rings is 1. The summed E-state index contributed by atoms with van der Waals surface area (Å²) >= 11 is 0. The highest BCUT2D eigenvalue weighted by Gasteiger charge is 2.50. The third kappa shape index (κ3) is 4.80. The first-order valence-electron chi connectivity index (χ1n) is 11.7. The van der Waals surface area contributed by atoms with E-state index in [4.69, 9.17) is 16.2 Å². The molecule has 0 radical (unpaired) electrons. The second kappa shape index (κ2) is 9.96. The summed E-state index contributed by atoms with van der Waals surface area (Å²) in [6, 6.07) is -1.38. The molecule has 2 fully saturated rings. The Bertz CT molecular complexity index is 1270. The summed E-state index contributed by atoms with van der Waals surface area (Å²) in [6.45, 7) is 2.62. The maximum absolute atomic E-state index is 13.0. The lowest BCUT2D eigenvalue weighted by atomic mass is 9.77. The van der Waals surface area contributed by atoms with E-state index in [1.54, 1.807) is 23.4 Å². The largest absolute Gasteiger partial charge is 0.386 e. The molecule has 1 spiro atoms. The number of carbonyl (C=O) groups excluding carboxylic acids is 2. The molecular weight excluding hydrogens is 494 g/mol. The summed E-state index contributed by atoms with van der Waals surface area (Å²) in [5.74, 6) is -0.730. The number of ether oxygens (including phenoxy) is 1. The molecule has 0 saturated carbocycles. The van der Waals surface area contributed by atoms with Crippen molar-refractivity contribution in [2.24, 2.45) is 25.6 Å². The minimum Gasteiger partial charge on any atom is -0.386 e. The first kappa shape index (κ1) is 27.8. The standard InChI is InChI=1S/C22H33N7O6.ClH/c1-21(34)11-35-22(6-8-28(9-7-22)15(30)5-4-13(23)17(24)31)10-14(21)29-12-25-18-16(29)19(32)27(3)20(33)26(18)2;/h12-14,34H,4-11,23H2,1-3H3,(H2,24,31);1H/t13-,14-,21-;/m0./s1. The first-order chi connectivity index (χ1) is 16.4. The van der Waals surface area contributed by atoms with Crippen molar-refractivity contribution in [3.63, 3.8) is 0 Å². The summed E-state index contributed by atoms with van der Waals surface area (Å²) in [5.41, 5.74) is 8.47. The number of primary amides is 1. The number of imidazole rings is 1. The van der Waals surface area contributed by atoms with Gasteiger partial charge >= 0.3 is 5.69 Å². The molecule has 5 N–H and O–H groups in total. The van der Waals surface area contributed by atoms with Gasteiger partial charge in [-0.3, -0.25) is 23.5 Å². The zero-order valence-electron chi connectivity index (χ0n) is 20.7. The molecule has 2 aromatic heterocycles. The summed E-state index contributed by atoms with van der Waals surface area (Å²) < 4.78 is 10.2. The minimum atomic E-state index is -1.28. The maximum Gasteiger partial charge on any atom is 0.332 e. The van der Waals surface area contributed by atoms with Crippen LogP contribution < -0.4 is 22.7 Å². The van der Waals surface area contributed by atoms with Gasteiger partial charge in [0.1, 0.15) is 5.60 Å². The summed E-state index contributed by atoms with van der Waals surface area (Å²) in [5, 5.41) is 11.2. The van der Waals surface area contributed by atoms with Gasteiger partial charge in [-0.25, -0.2) is 9.78 Å². The zero-order valence-corrected chi connectivity index (χ0v) is 21.5. The summed E-state index contributed by atoms with van der Waals surface area (Å²) in [7, 11) is 2.96. The second-order valence-electron chi connectivity index (χ2n) is 10.0. The molecule has 2 aromatic rings. The molecule has 0 aromatic carbocycles. The topological polar surface area (TPSA) is 181 Å². The maximum atomic E-state index is 13.0. The number of aryl methyl sites for hydroxylation is 1. The fraction of sp³-hybridized carbons (Fsp3) is 0.682. The van der Waals surface area contributed by atoms with Gasteiger partial charge in [0.05, 0.1) is 30.6 Å². The molecular formula is C22H34ClN7O6. The lowest BCUT2D eigenvalue weighted by Crippen LogP contribution is -2.57. The van der Waals surface area contributed by atoms with Crippen LogP contribution in [0.1, 0.15) is 45.1 Å². The molecule has 3 atom stereocenters. The number of hydrogen-bond donors (Lipinski definition) is 3. The van der Waals surface area contributed by atoms with E-state index in [2.05, 4.69) is 4.98 Å². The summed E-state index contributed by atoms with van der Waals surface area (Å²) in [6.07, 6.45) is 3.34. The third-order valence-corrected chi connectivity index (χ3v) is 7.52. The second-order valence-corrected chi connectivity index (χ2v) is 10.0. The van der Waals surface area contributed by atoms with Crippen LogP contribution in [0.25, 0.3) is 11.2 Å². The molecule has 36 heavy (non-hydrogen) atoms. The quantitative estimate of drug-likeness (QED) is 0.421. The number of aliphatic hydroxyl groups is 1. The van der Waals surface area contributed by atoms with Gasteiger partial charge in [0.25, 0.3) is 5.56 Å².